The second kappa shape index (κ2) is 7.67. The molecule has 0 aromatic heterocycles. The van der Waals surface area contributed by atoms with Crippen LogP contribution in [0.1, 0.15) is 29.3 Å². The molecule has 1 aliphatic rings. The molecule has 2 aromatic carbocycles. The fourth-order valence-corrected chi connectivity index (χ4v) is 3.64. The van der Waals surface area contributed by atoms with Crippen LogP contribution in [0.3, 0.4) is 0 Å². The van der Waals surface area contributed by atoms with E-state index in [1.54, 1.807) is 12.1 Å². The molecular formula is C19H14F3NO4S. The smallest absolute Gasteiger partial charge is 0.416 e. The molecule has 0 saturated heterocycles. The third kappa shape index (κ3) is 4.53. The van der Waals surface area contributed by atoms with Gasteiger partial charge in [0, 0.05) is 10.5 Å². The first-order valence-electron chi connectivity index (χ1n) is 8.14. The Kier molecular flexibility index (Phi) is 5.46. The van der Waals surface area contributed by atoms with Crippen molar-refractivity contribution >= 4 is 35.1 Å². The van der Waals surface area contributed by atoms with E-state index in [2.05, 4.69) is 5.32 Å². The number of Topliss-reactive ketones (excluding diaryl/α,β-unsaturated/α-hetero) is 1. The molecule has 1 heterocycles. The molecule has 5 nitrogen and oxygen atoms in total. The topological polar surface area (TPSA) is 72.5 Å². The lowest BCUT2D eigenvalue weighted by Crippen LogP contribution is -2.32. The lowest BCUT2D eigenvalue weighted by molar-refractivity contribution is -0.137. The maximum atomic E-state index is 12.8. The molecule has 9 heteroatoms. The average molecular weight is 409 g/mol. The summed E-state index contributed by atoms with van der Waals surface area (Å²) in [4.78, 5) is 36.2. The number of anilines is 1. The number of carbonyl (C=O) groups is 3. The standard InChI is InChI=1S/C19H14F3NO4S/c1-10(24)11-3-2-4-13(7-11)27-17(25)9-16-18(26)23-14-8-12(19(20,21)22)5-6-15(14)28-16/h2-8,16H,9H2,1H3,(H,23,26). The summed E-state index contributed by atoms with van der Waals surface area (Å²) in [5, 5.41) is 1.56. The molecule has 146 valence electrons. The molecule has 1 amide bonds. The normalized spacial score (nSPS) is 16.1. The van der Waals surface area contributed by atoms with Gasteiger partial charge in [0.2, 0.25) is 5.91 Å². The molecule has 28 heavy (non-hydrogen) atoms. The molecule has 0 bridgehead atoms. The number of alkyl halides is 3. The van der Waals surface area contributed by atoms with E-state index in [0.717, 1.165) is 23.9 Å². The van der Waals surface area contributed by atoms with Gasteiger partial charge < -0.3 is 10.1 Å². The minimum absolute atomic E-state index is 0.0589. The molecule has 1 N–H and O–H groups in total. The number of amides is 1. The van der Waals surface area contributed by atoms with Crippen molar-refractivity contribution < 1.29 is 32.3 Å². The molecule has 0 aliphatic carbocycles. The highest BCUT2D eigenvalue weighted by Crippen LogP contribution is 2.40. The number of ether oxygens (including phenoxy) is 1. The molecule has 1 unspecified atom stereocenters. The first-order chi connectivity index (χ1) is 13.1. The van der Waals surface area contributed by atoms with Crippen molar-refractivity contribution in [3.8, 4) is 5.75 Å². The number of fused-ring (bicyclic) bond motifs is 1. The molecule has 0 spiro atoms. The fourth-order valence-electron chi connectivity index (χ4n) is 2.56. The lowest BCUT2D eigenvalue weighted by Gasteiger charge is -2.24. The number of esters is 1. The molecule has 1 atom stereocenters. The summed E-state index contributed by atoms with van der Waals surface area (Å²) in [5.41, 5.74) is -0.427. The molecule has 0 radical (unpaired) electrons. The van der Waals surface area contributed by atoms with E-state index in [1.165, 1.54) is 25.1 Å². The molecule has 3 rings (SSSR count). The van der Waals surface area contributed by atoms with Crippen molar-refractivity contribution in [2.24, 2.45) is 0 Å². The third-order valence-corrected chi connectivity index (χ3v) is 5.23. The van der Waals surface area contributed by atoms with Crippen LogP contribution in [-0.4, -0.2) is 22.9 Å². The second-order valence-corrected chi connectivity index (χ2v) is 7.31. The Hall–Kier alpha value is -2.81. The van der Waals surface area contributed by atoms with Gasteiger partial charge in [0.1, 0.15) is 5.75 Å². The van der Waals surface area contributed by atoms with Crippen LogP contribution in [-0.2, 0) is 15.8 Å². The van der Waals surface area contributed by atoms with Crippen LogP contribution in [0.25, 0.3) is 0 Å². The Labute approximate surface area is 162 Å². The Balaban J connectivity index is 1.69. The SMILES string of the molecule is CC(=O)c1cccc(OC(=O)CC2Sc3ccc(C(F)(F)F)cc3NC2=O)c1. The molecule has 0 fully saturated rings. The zero-order valence-corrected chi connectivity index (χ0v) is 15.3. The van der Waals surface area contributed by atoms with Crippen molar-refractivity contribution in [1.29, 1.82) is 0 Å². The van der Waals surface area contributed by atoms with Crippen molar-refractivity contribution in [1.82, 2.24) is 0 Å². The summed E-state index contributed by atoms with van der Waals surface area (Å²) in [6.07, 6.45) is -4.79. The monoisotopic (exact) mass is 409 g/mol. The highest BCUT2D eigenvalue weighted by molar-refractivity contribution is 8.01. The van der Waals surface area contributed by atoms with Gasteiger partial charge in [0.15, 0.2) is 5.78 Å². The van der Waals surface area contributed by atoms with Gasteiger partial charge in [-0.05, 0) is 37.3 Å². The van der Waals surface area contributed by atoms with Crippen LogP contribution in [0.2, 0.25) is 0 Å². The van der Waals surface area contributed by atoms with Gasteiger partial charge in [-0.3, -0.25) is 14.4 Å². The minimum atomic E-state index is -4.51. The predicted octanol–water partition coefficient (Wildman–Crippen LogP) is 4.32. The zero-order valence-electron chi connectivity index (χ0n) is 14.5. The Morgan fingerprint density at radius 1 is 1.18 bits per heavy atom. The number of benzene rings is 2. The van der Waals surface area contributed by atoms with Crippen LogP contribution in [0, 0.1) is 0 Å². The number of hydrogen-bond acceptors (Lipinski definition) is 5. The van der Waals surface area contributed by atoms with Gasteiger partial charge in [-0.15, -0.1) is 11.8 Å². The zero-order chi connectivity index (χ0) is 20.5. The first kappa shape index (κ1) is 19.9. The number of thioether (sulfide) groups is 1. The lowest BCUT2D eigenvalue weighted by atomic mass is 10.1. The van der Waals surface area contributed by atoms with E-state index in [1.807, 2.05) is 0 Å². The van der Waals surface area contributed by atoms with Crippen LogP contribution in [0.5, 0.6) is 5.75 Å². The van der Waals surface area contributed by atoms with E-state index < -0.39 is 28.9 Å². The van der Waals surface area contributed by atoms with Crippen LogP contribution < -0.4 is 10.1 Å². The third-order valence-electron chi connectivity index (χ3n) is 3.95. The second-order valence-electron chi connectivity index (χ2n) is 6.07. The number of ketones is 1. The largest absolute Gasteiger partial charge is 0.426 e. The van der Waals surface area contributed by atoms with E-state index in [-0.39, 0.29) is 23.6 Å². The van der Waals surface area contributed by atoms with Crippen molar-refractivity contribution in [3.05, 3.63) is 53.6 Å². The van der Waals surface area contributed by atoms with Gasteiger partial charge >= 0.3 is 12.1 Å². The van der Waals surface area contributed by atoms with Crippen molar-refractivity contribution in [3.63, 3.8) is 0 Å². The van der Waals surface area contributed by atoms with Crippen molar-refractivity contribution in [2.45, 2.75) is 29.7 Å². The summed E-state index contributed by atoms with van der Waals surface area (Å²) in [6, 6.07) is 9.12. The van der Waals surface area contributed by atoms with Crippen LogP contribution >= 0.6 is 11.8 Å². The maximum Gasteiger partial charge on any atom is 0.416 e. The Morgan fingerprint density at radius 2 is 1.93 bits per heavy atom. The average Bonchev–Trinajstić information content (AvgIpc) is 2.61. The molecule has 0 saturated carbocycles. The quantitative estimate of drug-likeness (QED) is 0.463. The fraction of sp³-hybridized carbons (Fsp3) is 0.211. The van der Waals surface area contributed by atoms with Gasteiger partial charge in [-0.25, -0.2) is 0 Å². The predicted molar refractivity (Wildman–Crippen MR) is 96.4 cm³/mol. The van der Waals surface area contributed by atoms with E-state index in [9.17, 15) is 27.6 Å². The number of carbonyl (C=O) groups excluding carboxylic acids is 3. The number of rotatable bonds is 4. The maximum absolute atomic E-state index is 12.8. The Bertz CT molecular complexity index is 958. The molecular weight excluding hydrogens is 395 g/mol. The van der Waals surface area contributed by atoms with Crippen LogP contribution in [0.15, 0.2) is 47.4 Å². The van der Waals surface area contributed by atoms with Gasteiger partial charge in [0.05, 0.1) is 22.9 Å². The summed E-state index contributed by atoms with van der Waals surface area (Å²) in [6.45, 7) is 1.38. The molecule has 1 aliphatic heterocycles. The highest BCUT2D eigenvalue weighted by Gasteiger charge is 2.34. The number of nitrogens with one attached hydrogen (secondary N) is 1. The number of hydrogen-bond donors (Lipinski definition) is 1. The summed E-state index contributed by atoms with van der Waals surface area (Å²) < 4.78 is 43.5. The van der Waals surface area contributed by atoms with Crippen LogP contribution in [0.4, 0.5) is 18.9 Å². The number of halogens is 3. The van der Waals surface area contributed by atoms with Crippen molar-refractivity contribution in [2.75, 3.05) is 5.32 Å². The van der Waals surface area contributed by atoms with E-state index in [4.69, 9.17) is 4.74 Å². The highest BCUT2D eigenvalue weighted by atomic mass is 32.2. The van der Waals surface area contributed by atoms with Gasteiger partial charge in [0.25, 0.3) is 0 Å². The van der Waals surface area contributed by atoms with Gasteiger partial charge in [-0.2, -0.15) is 13.2 Å². The summed E-state index contributed by atoms with van der Waals surface area (Å²) in [5.74, 6) is -1.28. The van der Waals surface area contributed by atoms with Gasteiger partial charge in [-0.1, -0.05) is 12.1 Å². The first-order valence-corrected chi connectivity index (χ1v) is 9.02. The van der Waals surface area contributed by atoms with E-state index in [0.29, 0.717) is 10.5 Å². The Morgan fingerprint density at radius 3 is 2.61 bits per heavy atom. The molecule has 2 aromatic rings. The minimum Gasteiger partial charge on any atom is -0.426 e. The van der Waals surface area contributed by atoms with E-state index >= 15 is 0 Å². The summed E-state index contributed by atoms with van der Waals surface area (Å²) >= 11 is 0.997. The summed E-state index contributed by atoms with van der Waals surface area (Å²) in [7, 11) is 0.